The van der Waals surface area contributed by atoms with Crippen molar-refractivity contribution in [2.75, 3.05) is 0 Å². The number of aromatic nitrogens is 8. The average Bonchev–Trinajstić information content (AvgIpc) is 3.83. The van der Waals surface area contributed by atoms with Crippen LogP contribution in [0.25, 0.3) is 89.7 Å². The second kappa shape index (κ2) is 10.00. The Morgan fingerprint density at radius 2 is 1.00 bits per heavy atom. The van der Waals surface area contributed by atoms with Crippen LogP contribution >= 0.6 is 0 Å². The van der Waals surface area contributed by atoms with Gasteiger partial charge in [-0.3, -0.25) is 0 Å². The zero-order valence-electron chi connectivity index (χ0n) is 24.2. The lowest BCUT2D eigenvalue weighted by atomic mass is 10.1. The topological polar surface area (TPSA) is 135 Å². The molecule has 2 aliphatic heterocycles. The summed E-state index contributed by atoms with van der Waals surface area (Å²) in [6, 6.07) is 29.5. The molecule has 0 amide bonds. The predicted octanol–water partition coefficient (Wildman–Crippen LogP) is 7.10. The number of carbonyl (C=O) groups excluding carboxylic acids is 1. The van der Waals surface area contributed by atoms with Crippen molar-refractivity contribution in [3.63, 3.8) is 0 Å². The van der Waals surface area contributed by atoms with E-state index in [1.807, 2.05) is 91.0 Å². The Morgan fingerprint density at radius 3 is 1.52 bits per heavy atom. The lowest BCUT2D eigenvalue weighted by Crippen LogP contribution is -2.00. The van der Waals surface area contributed by atoms with Crippen molar-refractivity contribution in [2.45, 2.75) is 6.61 Å². The molecule has 0 saturated heterocycles. The van der Waals surface area contributed by atoms with Crippen molar-refractivity contribution in [1.82, 2.24) is 39.9 Å². The summed E-state index contributed by atoms with van der Waals surface area (Å²) in [5.74, 6) is 1.56. The highest BCUT2D eigenvalue weighted by Gasteiger charge is 2.22. The van der Waals surface area contributed by atoms with Crippen molar-refractivity contribution in [3.8, 4) is 45.6 Å². The molecule has 0 radical (unpaired) electrons. The van der Waals surface area contributed by atoms with E-state index in [2.05, 4.69) is 16.5 Å². The summed E-state index contributed by atoms with van der Waals surface area (Å²) in [4.78, 5) is 48.9. The van der Waals surface area contributed by atoms with Crippen molar-refractivity contribution >= 4 is 50.1 Å². The smallest absolute Gasteiger partial charge is 0.330 e. The van der Waals surface area contributed by atoms with Gasteiger partial charge in [0.25, 0.3) is 0 Å². The lowest BCUT2D eigenvalue weighted by molar-refractivity contribution is -0.138. The van der Waals surface area contributed by atoms with Gasteiger partial charge in [-0.05, 0) is 0 Å². The van der Waals surface area contributed by atoms with Gasteiger partial charge in [0.1, 0.15) is 29.2 Å². The fourth-order valence-corrected chi connectivity index (χ4v) is 6.09. The first-order chi connectivity index (χ1) is 22.6. The molecule has 0 fully saturated rings. The van der Waals surface area contributed by atoms with Crippen LogP contribution in [0.15, 0.2) is 104 Å². The number of rotatable bonds is 3. The minimum atomic E-state index is -0.514. The number of esters is 1. The molecule has 8 bridgehead atoms. The van der Waals surface area contributed by atoms with Crippen LogP contribution in [0.2, 0.25) is 0 Å². The highest BCUT2D eigenvalue weighted by atomic mass is 16.5. The van der Waals surface area contributed by atoms with Gasteiger partial charge < -0.3 is 14.7 Å². The maximum atomic E-state index is 12.0. The van der Waals surface area contributed by atoms with E-state index in [0.29, 0.717) is 45.9 Å². The number of H-pyrrole nitrogens is 2. The molecule has 46 heavy (non-hydrogen) atoms. The number of aromatic amines is 2. The number of nitrogens with zero attached hydrogens (tertiary/aromatic N) is 6. The van der Waals surface area contributed by atoms with E-state index in [-0.39, 0.29) is 6.61 Å². The van der Waals surface area contributed by atoms with E-state index >= 15 is 0 Å². The largest absolute Gasteiger partial charge is 0.458 e. The summed E-state index contributed by atoms with van der Waals surface area (Å²) in [5.41, 5.74) is 6.54. The van der Waals surface area contributed by atoms with E-state index in [9.17, 15) is 4.79 Å². The first-order valence-corrected chi connectivity index (χ1v) is 14.7. The van der Waals surface area contributed by atoms with Crippen LogP contribution in [0.5, 0.6) is 0 Å². The SMILES string of the molecule is C=CC(=O)OCc1cccc2c3nc4nc(nc5[nH]c(nc6nc(nc([nH]3)c12)-c1ccccc1-6)c1ccccc51)-c1ccccc1-4. The first kappa shape index (κ1) is 25.9. The van der Waals surface area contributed by atoms with Gasteiger partial charge in [-0.1, -0.05) is 97.6 Å². The van der Waals surface area contributed by atoms with Gasteiger partial charge in [0.15, 0.2) is 23.3 Å². The third-order valence-electron chi connectivity index (χ3n) is 8.20. The van der Waals surface area contributed by atoms with Gasteiger partial charge in [-0.2, -0.15) is 0 Å². The van der Waals surface area contributed by atoms with Crippen LogP contribution in [-0.4, -0.2) is 45.8 Å². The van der Waals surface area contributed by atoms with Crippen LogP contribution < -0.4 is 0 Å². The summed E-state index contributed by atoms with van der Waals surface area (Å²) >= 11 is 0. The van der Waals surface area contributed by atoms with Crippen LogP contribution in [0.1, 0.15) is 5.56 Å². The highest BCUT2D eigenvalue weighted by Crippen LogP contribution is 2.37. The molecular weight excluding hydrogens is 576 g/mol. The molecule has 10 heteroatoms. The number of ether oxygens (including phenoxy) is 1. The average molecular weight is 599 g/mol. The maximum Gasteiger partial charge on any atom is 0.330 e. The molecule has 2 N–H and O–H groups in total. The predicted molar refractivity (Wildman–Crippen MR) is 176 cm³/mol. The molecule has 0 unspecified atom stereocenters. The summed E-state index contributed by atoms with van der Waals surface area (Å²) in [5, 5.41) is 3.38. The fourth-order valence-electron chi connectivity index (χ4n) is 6.09. The molecular formula is C36H22N8O2. The second-order valence-corrected chi connectivity index (χ2v) is 10.9. The number of benzene rings is 4. The van der Waals surface area contributed by atoms with Crippen LogP contribution in [-0.2, 0) is 16.1 Å². The zero-order chi connectivity index (χ0) is 30.8. The van der Waals surface area contributed by atoms with Crippen molar-refractivity contribution in [2.24, 2.45) is 0 Å². The standard InChI is InChI=1S/C36H22N8O2/c1-2-27(45)46-18-19-10-9-17-26-28(19)36-43-34-25-16-8-7-15-24(25)32(41-34)39-30-21-12-4-3-11-20(21)29(37-30)38-31-22-13-5-6-14-23(22)33(40-31)42-35(26)44-36/h2-17H,1,18H2,(H2,37,38,39,40,41,42,43,44). The van der Waals surface area contributed by atoms with Crippen molar-refractivity contribution in [3.05, 3.63) is 109 Å². The quantitative estimate of drug-likeness (QED) is 0.162. The monoisotopic (exact) mass is 598 g/mol. The van der Waals surface area contributed by atoms with Crippen molar-refractivity contribution < 1.29 is 9.53 Å². The van der Waals surface area contributed by atoms with E-state index in [1.54, 1.807) is 0 Å². The summed E-state index contributed by atoms with van der Waals surface area (Å²) < 4.78 is 5.45. The normalized spacial score (nSPS) is 11.7. The Bertz CT molecular complexity index is 2600. The minimum absolute atomic E-state index is 0.0281. The molecule has 0 spiro atoms. The van der Waals surface area contributed by atoms with Gasteiger partial charge in [0.2, 0.25) is 0 Å². The Hall–Kier alpha value is -6.55. The summed E-state index contributed by atoms with van der Waals surface area (Å²) in [7, 11) is 0. The molecule has 0 atom stereocenters. The van der Waals surface area contributed by atoms with Gasteiger partial charge >= 0.3 is 5.97 Å². The molecule has 0 aliphatic carbocycles. The Kier molecular flexibility index (Phi) is 5.63. The number of carbonyl (C=O) groups is 1. The van der Waals surface area contributed by atoms with Crippen LogP contribution in [0.4, 0.5) is 0 Å². The minimum Gasteiger partial charge on any atom is -0.458 e. The van der Waals surface area contributed by atoms with Gasteiger partial charge in [0.05, 0.1) is 0 Å². The molecule has 0 saturated carbocycles. The first-order valence-electron chi connectivity index (χ1n) is 14.7. The summed E-state index contributed by atoms with van der Waals surface area (Å²) in [6.45, 7) is 3.55. The molecule has 5 heterocycles. The number of nitrogens with one attached hydrogen (secondary N) is 2. The van der Waals surface area contributed by atoms with E-state index < -0.39 is 5.97 Å². The fraction of sp³-hybridized carbons (Fsp3) is 0.0278. The lowest BCUT2D eigenvalue weighted by Gasteiger charge is -2.04. The number of hydrogen-bond acceptors (Lipinski definition) is 8. The van der Waals surface area contributed by atoms with Crippen LogP contribution in [0.3, 0.4) is 0 Å². The maximum absolute atomic E-state index is 12.0. The molecule has 4 aromatic carbocycles. The number of hydrogen-bond donors (Lipinski definition) is 2. The molecule has 2 aliphatic rings. The van der Waals surface area contributed by atoms with Gasteiger partial charge in [-0.15, -0.1) is 0 Å². The molecule has 10 nitrogen and oxygen atoms in total. The van der Waals surface area contributed by atoms with E-state index in [0.717, 1.165) is 55.4 Å². The van der Waals surface area contributed by atoms with Crippen LogP contribution in [0, 0.1) is 0 Å². The third kappa shape index (κ3) is 4.01. The van der Waals surface area contributed by atoms with Crippen molar-refractivity contribution in [1.29, 1.82) is 0 Å². The van der Waals surface area contributed by atoms with E-state index in [1.165, 1.54) is 0 Å². The molecule has 218 valence electrons. The van der Waals surface area contributed by atoms with E-state index in [4.69, 9.17) is 34.6 Å². The van der Waals surface area contributed by atoms with Gasteiger partial charge in [-0.25, -0.2) is 34.7 Å². The molecule has 7 aromatic rings. The Balaban J connectivity index is 1.45. The summed E-state index contributed by atoms with van der Waals surface area (Å²) in [6.07, 6.45) is 1.14. The zero-order valence-corrected chi connectivity index (χ0v) is 24.2. The Morgan fingerprint density at radius 1 is 0.565 bits per heavy atom. The number of fused-ring (bicyclic) bond motifs is 20. The third-order valence-corrected chi connectivity index (χ3v) is 8.20. The molecule has 3 aromatic heterocycles. The molecule has 9 rings (SSSR count). The van der Waals surface area contributed by atoms with Gasteiger partial charge in [0, 0.05) is 55.4 Å². The second-order valence-electron chi connectivity index (χ2n) is 10.9. The highest BCUT2D eigenvalue weighted by molar-refractivity contribution is 6.07. The Labute approximate surface area is 260 Å².